The van der Waals surface area contributed by atoms with Crippen molar-refractivity contribution in [2.75, 3.05) is 0 Å². The molecule has 0 aliphatic heterocycles. The minimum absolute atomic E-state index is 0.452. The Hall–Kier alpha value is -0.520. The Bertz CT molecular complexity index is 293. The number of rotatable bonds is 0. The van der Waals surface area contributed by atoms with Crippen molar-refractivity contribution in [1.82, 2.24) is 0 Å². The molecule has 3 atom stereocenters. The van der Waals surface area contributed by atoms with Crippen molar-refractivity contribution in [3.8, 4) is 0 Å². The molecule has 0 fully saturated rings. The van der Waals surface area contributed by atoms with Crippen molar-refractivity contribution < 1.29 is 0 Å². The van der Waals surface area contributed by atoms with Crippen molar-refractivity contribution in [1.29, 1.82) is 0 Å². The highest BCUT2D eigenvalue weighted by molar-refractivity contribution is 5.15. The standard InChI is InChI=1S/C15H24/c1-11-7-8-13-12(2)6-5-9-15(3,4)14(13)10-11/h5-6,10,12-14H,7-9H2,1-4H3. The third-order valence-electron chi connectivity index (χ3n) is 4.46. The molecule has 84 valence electrons. The van der Waals surface area contributed by atoms with Crippen LogP contribution in [-0.2, 0) is 0 Å². The van der Waals surface area contributed by atoms with Crippen LogP contribution in [0.4, 0.5) is 0 Å². The van der Waals surface area contributed by atoms with Crippen LogP contribution in [-0.4, -0.2) is 0 Å². The first kappa shape index (κ1) is 11.0. The van der Waals surface area contributed by atoms with Crippen LogP contribution in [0.2, 0.25) is 0 Å². The monoisotopic (exact) mass is 204 g/mol. The number of hydrogen-bond acceptors (Lipinski definition) is 0. The van der Waals surface area contributed by atoms with Crippen LogP contribution in [0.25, 0.3) is 0 Å². The van der Waals surface area contributed by atoms with Gasteiger partial charge >= 0.3 is 0 Å². The molecule has 0 saturated heterocycles. The van der Waals surface area contributed by atoms with Crippen molar-refractivity contribution >= 4 is 0 Å². The van der Waals surface area contributed by atoms with E-state index in [0.717, 1.165) is 17.8 Å². The minimum atomic E-state index is 0.452. The van der Waals surface area contributed by atoms with E-state index in [1.54, 1.807) is 5.57 Å². The molecule has 0 heterocycles. The molecule has 0 saturated carbocycles. The van der Waals surface area contributed by atoms with E-state index >= 15 is 0 Å². The first-order valence-corrected chi connectivity index (χ1v) is 6.34. The van der Waals surface area contributed by atoms with Crippen LogP contribution in [0.5, 0.6) is 0 Å². The van der Waals surface area contributed by atoms with E-state index in [-0.39, 0.29) is 0 Å². The largest absolute Gasteiger partial charge is 0.0877 e. The summed E-state index contributed by atoms with van der Waals surface area (Å²) in [7, 11) is 0. The lowest BCUT2D eigenvalue weighted by Gasteiger charge is -2.41. The number of hydrogen-bond donors (Lipinski definition) is 0. The third kappa shape index (κ3) is 2.04. The molecular weight excluding hydrogens is 180 g/mol. The van der Waals surface area contributed by atoms with E-state index in [9.17, 15) is 0 Å². The SMILES string of the molecule is CC1=CC2C(CC1)C(C)C=CCC2(C)C. The summed E-state index contributed by atoms with van der Waals surface area (Å²) in [6.45, 7) is 9.56. The maximum Gasteiger partial charge on any atom is -0.0143 e. The lowest BCUT2D eigenvalue weighted by molar-refractivity contribution is 0.150. The number of fused-ring (bicyclic) bond motifs is 1. The van der Waals surface area contributed by atoms with E-state index in [4.69, 9.17) is 0 Å². The second-order valence-electron chi connectivity index (χ2n) is 6.22. The Morgan fingerprint density at radius 3 is 2.80 bits per heavy atom. The Labute approximate surface area is 94.5 Å². The molecule has 0 bridgehead atoms. The Morgan fingerprint density at radius 1 is 1.33 bits per heavy atom. The first-order valence-electron chi connectivity index (χ1n) is 6.34. The summed E-state index contributed by atoms with van der Waals surface area (Å²) < 4.78 is 0. The quantitative estimate of drug-likeness (QED) is 0.507. The molecule has 2 rings (SSSR count). The summed E-state index contributed by atoms with van der Waals surface area (Å²) in [5.41, 5.74) is 2.06. The van der Waals surface area contributed by atoms with Gasteiger partial charge in [-0.05, 0) is 49.4 Å². The Morgan fingerprint density at radius 2 is 2.07 bits per heavy atom. The van der Waals surface area contributed by atoms with Crippen LogP contribution in [0, 0.1) is 23.2 Å². The van der Waals surface area contributed by atoms with Gasteiger partial charge in [0.15, 0.2) is 0 Å². The molecule has 0 spiro atoms. The second kappa shape index (κ2) is 3.81. The lowest BCUT2D eigenvalue weighted by atomic mass is 9.64. The lowest BCUT2D eigenvalue weighted by Crippen LogP contribution is -2.32. The maximum atomic E-state index is 2.57. The summed E-state index contributed by atoms with van der Waals surface area (Å²) in [6, 6.07) is 0. The summed E-state index contributed by atoms with van der Waals surface area (Å²) >= 11 is 0. The molecular formula is C15H24. The second-order valence-corrected chi connectivity index (χ2v) is 6.22. The van der Waals surface area contributed by atoms with Crippen molar-refractivity contribution in [3.05, 3.63) is 23.8 Å². The van der Waals surface area contributed by atoms with Gasteiger partial charge in [-0.2, -0.15) is 0 Å². The molecule has 0 aromatic rings. The normalized spacial score (nSPS) is 39.2. The van der Waals surface area contributed by atoms with Gasteiger partial charge in [-0.25, -0.2) is 0 Å². The molecule has 3 unspecified atom stereocenters. The van der Waals surface area contributed by atoms with E-state index in [1.807, 2.05) is 0 Å². The number of allylic oxidation sites excluding steroid dienone is 4. The van der Waals surface area contributed by atoms with Gasteiger partial charge in [0.1, 0.15) is 0 Å². The maximum absolute atomic E-state index is 2.57. The zero-order valence-corrected chi connectivity index (χ0v) is 10.6. The molecule has 0 heteroatoms. The Balaban J connectivity index is 2.34. The van der Waals surface area contributed by atoms with Gasteiger partial charge in [-0.3, -0.25) is 0 Å². The molecule has 0 nitrogen and oxygen atoms in total. The molecule has 0 aromatic carbocycles. The van der Waals surface area contributed by atoms with Gasteiger partial charge in [0.2, 0.25) is 0 Å². The van der Waals surface area contributed by atoms with Crippen LogP contribution in [0.15, 0.2) is 23.8 Å². The zero-order chi connectivity index (χ0) is 11.1. The van der Waals surface area contributed by atoms with Gasteiger partial charge in [0, 0.05) is 0 Å². The summed E-state index contributed by atoms with van der Waals surface area (Å²) in [5, 5.41) is 0. The fraction of sp³-hybridized carbons (Fsp3) is 0.733. The molecule has 15 heavy (non-hydrogen) atoms. The minimum Gasteiger partial charge on any atom is -0.0877 e. The Kier molecular flexibility index (Phi) is 2.79. The highest BCUT2D eigenvalue weighted by Crippen LogP contribution is 2.47. The van der Waals surface area contributed by atoms with Crippen LogP contribution < -0.4 is 0 Å². The van der Waals surface area contributed by atoms with Gasteiger partial charge in [0.25, 0.3) is 0 Å². The van der Waals surface area contributed by atoms with Crippen LogP contribution >= 0.6 is 0 Å². The molecule has 0 amide bonds. The smallest absolute Gasteiger partial charge is 0.0143 e. The molecule has 0 N–H and O–H groups in total. The molecule has 0 radical (unpaired) electrons. The van der Waals surface area contributed by atoms with Gasteiger partial charge in [-0.1, -0.05) is 44.6 Å². The van der Waals surface area contributed by atoms with Crippen molar-refractivity contribution in [2.24, 2.45) is 23.2 Å². The van der Waals surface area contributed by atoms with Gasteiger partial charge in [0.05, 0.1) is 0 Å². The molecule has 2 aliphatic rings. The van der Waals surface area contributed by atoms with Crippen LogP contribution in [0.1, 0.15) is 47.0 Å². The predicted molar refractivity (Wildman–Crippen MR) is 66.7 cm³/mol. The first-order chi connectivity index (χ1) is 7.00. The predicted octanol–water partition coefficient (Wildman–Crippen LogP) is 4.58. The average Bonchev–Trinajstić information content (AvgIpc) is 2.26. The van der Waals surface area contributed by atoms with Gasteiger partial charge in [-0.15, -0.1) is 0 Å². The van der Waals surface area contributed by atoms with E-state index in [2.05, 4.69) is 45.9 Å². The van der Waals surface area contributed by atoms with E-state index < -0.39 is 0 Å². The van der Waals surface area contributed by atoms with Crippen molar-refractivity contribution in [3.63, 3.8) is 0 Å². The van der Waals surface area contributed by atoms with Crippen molar-refractivity contribution in [2.45, 2.75) is 47.0 Å². The topological polar surface area (TPSA) is 0 Å². The summed E-state index contributed by atoms with van der Waals surface area (Å²) in [5.74, 6) is 2.43. The fourth-order valence-corrected chi connectivity index (χ4v) is 3.35. The highest BCUT2D eigenvalue weighted by Gasteiger charge is 2.38. The van der Waals surface area contributed by atoms with E-state index in [1.165, 1.54) is 19.3 Å². The summed E-state index contributed by atoms with van der Waals surface area (Å²) in [6.07, 6.45) is 11.4. The third-order valence-corrected chi connectivity index (χ3v) is 4.46. The fourth-order valence-electron chi connectivity index (χ4n) is 3.35. The molecule has 0 aromatic heterocycles. The van der Waals surface area contributed by atoms with Gasteiger partial charge < -0.3 is 0 Å². The summed E-state index contributed by atoms with van der Waals surface area (Å²) in [4.78, 5) is 0. The van der Waals surface area contributed by atoms with Crippen LogP contribution in [0.3, 0.4) is 0 Å². The average molecular weight is 204 g/mol. The highest BCUT2D eigenvalue weighted by atomic mass is 14.4. The van der Waals surface area contributed by atoms with E-state index in [0.29, 0.717) is 5.41 Å². The molecule has 2 aliphatic carbocycles. The zero-order valence-electron chi connectivity index (χ0n) is 10.6.